The summed E-state index contributed by atoms with van der Waals surface area (Å²) in [6.45, 7) is 1.18. The van der Waals surface area contributed by atoms with Gasteiger partial charge in [-0.2, -0.15) is 0 Å². The van der Waals surface area contributed by atoms with E-state index in [1.807, 2.05) is 6.07 Å². The summed E-state index contributed by atoms with van der Waals surface area (Å²) in [7, 11) is 1.14. The van der Waals surface area contributed by atoms with E-state index >= 15 is 0 Å². The fourth-order valence-corrected chi connectivity index (χ4v) is 1.84. The highest BCUT2D eigenvalue weighted by molar-refractivity contribution is 5.93. The van der Waals surface area contributed by atoms with Crippen LogP contribution < -0.4 is 10.3 Å². The van der Waals surface area contributed by atoms with Crippen molar-refractivity contribution in [3.63, 3.8) is 0 Å². The number of hydrogen-bond donors (Lipinski definition) is 1. The first-order valence-corrected chi connectivity index (χ1v) is 6.12. The predicted molar refractivity (Wildman–Crippen MR) is 75.1 cm³/mol. The number of aromatic nitrogens is 1. The second-order valence-electron chi connectivity index (χ2n) is 4.20. The molecule has 1 aromatic carbocycles. The van der Waals surface area contributed by atoms with Crippen molar-refractivity contribution < 1.29 is 19.1 Å². The van der Waals surface area contributed by atoms with Gasteiger partial charge in [0.05, 0.1) is 12.8 Å². The van der Waals surface area contributed by atoms with E-state index in [1.165, 1.54) is 13.0 Å². The molecule has 0 aliphatic rings. The first kappa shape index (κ1) is 14.5. The second kappa shape index (κ2) is 6.04. The third-order valence-electron chi connectivity index (χ3n) is 2.73. The molecular formula is C15H13NO5. The Hall–Kier alpha value is -2.89. The van der Waals surface area contributed by atoms with Crippen LogP contribution in [-0.4, -0.2) is 24.0 Å². The van der Waals surface area contributed by atoms with E-state index in [2.05, 4.69) is 9.72 Å². The number of carbonyl (C=O) groups is 2. The van der Waals surface area contributed by atoms with Gasteiger partial charge in [0.25, 0.3) is 5.56 Å². The Bertz CT molecular complexity index is 733. The van der Waals surface area contributed by atoms with Crippen molar-refractivity contribution in [1.29, 1.82) is 0 Å². The van der Waals surface area contributed by atoms with Crippen LogP contribution in [0.1, 0.15) is 17.3 Å². The highest BCUT2D eigenvalue weighted by Gasteiger charge is 2.21. The van der Waals surface area contributed by atoms with E-state index in [0.29, 0.717) is 5.69 Å². The number of hydrogen-bond acceptors (Lipinski definition) is 5. The molecule has 0 aliphatic carbocycles. The molecule has 2 rings (SSSR count). The first-order chi connectivity index (χ1) is 10.0. The van der Waals surface area contributed by atoms with Crippen LogP contribution in [0.5, 0.6) is 5.75 Å². The molecule has 0 saturated heterocycles. The number of carbonyl (C=O) groups excluding carboxylic acids is 2. The van der Waals surface area contributed by atoms with Crippen LogP contribution in [0.15, 0.2) is 41.2 Å². The highest BCUT2D eigenvalue weighted by Crippen LogP contribution is 2.23. The number of ether oxygens (including phenoxy) is 2. The van der Waals surface area contributed by atoms with Crippen molar-refractivity contribution >= 4 is 11.9 Å². The minimum atomic E-state index is -0.868. The maximum atomic E-state index is 12.1. The number of pyridine rings is 1. The SMILES string of the molecule is COC(=O)c1c(OC(C)=O)cc(-c2ccccc2)[nH]c1=O. The fraction of sp³-hybridized carbons (Fsp3) is 0.133. The molecule has 2 aromatic rings. The lowest BCUT2D eigenvalue weighted by Crippen LogP contribution is -2.22. The standard InChI is InChI=1S/C15H13NO5/c1-9(17)21-12-8-11(10-6-4-3-5-7-10)16-14(18)13(12)15(19)20-2/h3-8H,1-2H3,(H,16,18). The van der Waals surface area contributed by atoms with Gasteiger partial charge in [0, 0.05) is 13.0 Å². The quantitative estimate of drug-likeness (QED) is 0.869. The van der Waals surface area contributed by atoms with Gasteiger partial charge in [-0.05, 0) is 5.56 Å². The molecule has 0 unspecified atom stereocenters. The van der Waals surface area contributed by atoms with E-state index in [-0.39, 0.29) is 11.3 Å². The average Bonchev–Trinajstić information content (AvgIpc) is 2.46. The van der Waals surface area contributed by atoms with Crippen LogP contribution >= 0.6 is 0 Å². The van der Waals surface area contributed by atoms with Gasteiger partial charge < -0.3 is 14.5 Å². The third-order valence-corrected chi connectivity index (χ3v) is 2.73. The van der Waals surface area contributed by atoms with Crippen LogP contribution in [0.3, 0.4) is 0 Å². The zero-order chi connectivity index (χ0) is 15.4. The Labute approximate surface area is 120 Å². The number of nitrogens with one attached hydrogen (secondary N) is 1. The molecule has 6 heteroatoms. The van der Waals surface area contributed by atoms with Gasteiger partial charge in [-0.1, -0.05) is 30.3 Å². The molecule has 1 N–H and O–H groups in total. The smallest absolute Gasteiger partial charge is 0.347 e. The minimum absolute atomic E-state index is 0.128. The van der Waals surface area contributed by atoms with Crippen LogP contribution in [0.25, 0.3) is 11.3 Å². The molecule has 108 valence electrons. The van der Waals surface area contributed by atoms with Crippen molar-refractivity contribution in [3.8, 4) is 17.0 Å². The lowest BCUT2D eigenvalue weighted by atomic mass is 10.1. The summed E-state index contributed by atoms with van der Waals surface area (Å²) in [5.41, 5.74) is 0.135. The lowest BCUT2D eigenvalue weighted by Gasteiger charge is -2.09. The average molecular weight is 287 g/mol. The monoisotopic (exact) mass is 287 g/mol. The molecule has 0 spiro atoms. The molecule has 6 nitrogen and oxygen atoms in total. The van der Waals surface area contributed by atoms with Crippen molar-refractivity contribution in [2.45, 2.75) is 6.92 Å². The van der Waals surface area contributed by atoms with Crippen molar-refractivity contribution in [3.05, 3.63) is 52.3 Å². The number of methoxy groups -OCH3 is 1. The summed E-state index contributed by atoms with van der Waals surface area (Å²) in [6.07, 6.45) is 0. The predicted octanol–water partition coefficient (Wildman–Crippen LogP) is 1.75. The Morgan fingerprint density at radius 3 is 2.38 bits per heavy atom. The van der Waals surface area contributed by atoms with Crippen molar-refractivity contribution in [2.24, 2.45) is 0 Å². The topological polar surface area (TPSA) is 85.5 Å². The summed E-state index contributed by atoms with van der Waals surface area (Å²) >= 11 is 0. The Balaban J connectivity index is 2.63. The van der Waals surface area contributed by atoms with E-state index in [0.717, 1.165) is 12.7 Å². The molecule has 0 atom stereocenters. The Morgan fingerprint density at radius 1 is 1.14 bits per heavy atom. The van der Waals surface area contributed by atoms with Gasteiger partial charge in [-0.25, -0.2) is 4.79 Å². The number of esters is 2. The summed E-state index contributed by atoms with van der Waals surface area (Å²) < 4.78 is 9.49. The molecule has 0 aliphatic heterocycles. The summed E-state index contributed by atoms with van der Waals surface area (Å²) in [6, 6.07) is 10.4. The van der Waals surface area contributed by atoms with Gasteiger partial charge in [-0.15, -0.1) is 0 Å². The first-order valence-electron chi connectivity index (χ1n) is 6.12. The Kier molecular flexibility index (Phi) is 4.18. The minimum Gasteiger partial charge on any atom is -0.465 e. The van der Waals surface area contributed by atoms with E-state index < -0.39 is 17.5 Å². The van der Waals surface area contributed by atoms with Crippen LogP contribution in [0, 0.1) is 0 Å². The van der Waals surface area contributed by atoms with Gasteiger partial charge >= 0.3 is 11.9 Å². The number of benzene rings is 1. The Morgan fingerprint density at radius 2 is 1.81 bits per heavy atom. The summed E-state index contributed by atoms with van der Waals surface area (Å²) in [5.74, 6) is -1.63. The van der Waals surface area contributed by atoms with E-state index in [4.69, 9.17) is 4.74 Å². The van der Waals surface area contributed by atoms with Gasteiger partial charge in [0.2, 0.25) is 0 Å². The number of H-pyrrole nitrogens is 1. The number of aromatic amines is 1. The number of rotatable bonds is 3. The molecule has 0 fully saturated rings. The third kappa shape index (κ3) is 3.17. The molecule has 0 bridgehead atoms. The van der Waals surface area contributed by atoms with E-state index in [1.54, 1.807) is 24.3 Å². The zero-order valence-corrected chi connectivity index (χ0v) is 11.5. The molecule has 1 heterocycles. The zero-order valence-electron chi connectivity index (χ0n) is 11.5. The largest absolute Gasteiger partial charge is 0.465 e. The molecule has 1 aromatic heterocycles. The van der Waals surface area contributed by atoms with Crippen LogP contribution in [0.4, 0.5) is 0 Å². The van der Waals surface area contributed by atoms with Crippen LogP contribution in [-0.2, 0) is 9.53 Å². The van der Waals surface area contributed by atoms with Crippen molar-refractivity contribution in [1.82, 2.24) is 4.98 Å². The molecule has 0 radical (unpaired) electrons. The lowest BCUT2D eigenvalue weighted by molar-refractivity contribution is -0.131. The second-order valence-corrected chi connectivity index (χ2v) is 4.20. The summed E-state index contributed by atoms with van der Waals surface area (Å²) in [4.78, 5) is 37.4. The van der Waals surface area contributed by atoms with Gasteiger partial charge in [-0.3, -0.25) is 9.59 Å². The van der Waals surface area contributed by atoms with Gasteiger partial charge in [0.1, 0.15) is 0 Å². The van der Waals surface area contributed by atoms with E-state index in [9.17, 15) is 14.4 Å². The maximum absolute atomic E-state index is 12.1. The summed E-state index contributed by atoms with van der Waals surface area (Å²) in [5, 5.41) is 0. The van der Waals surface area contributed by atoms with Gasteiger partial charge in [0.15, 0.2) is 11.3 Å². The molecular weight excluding hydrogens is 274 g/mol. The molecule has 0 saturated carbocycles. The van der Waals surface area contributed by atoms with Crippen molar-refractivity contribution in [2.75, 3.05) is 7.11 Å². The molecule has 0 amide bonds. The maximum Gasteiger partial charge on any atom is 0.347 e. The molecule has 21 heavy (non-hydrogen) atoms. The normalized spacial score (nSPS) is 10.0. The van der Waals surface area contributed by atoms with Crippen LogP contribution in [0.2, 0.25) is 0 Å². The fourth-order valence-electron chi connectivity index (χ4n) is 1.84. The highest BCUT2D eigenvalue weighted by atomic mass is 16.5.